The second kappa shape index (κ2) is 25.1. The fourth-order valence-electron chi connectivity index (χ4n) is 10.1. The molecule has 366 valence electrons. The number of ketones is 3. The maximum absolute atomic E-state index is 14.4. The zero-order valence-electron chi connectivity index (χ0n) is 40.6. The van der Waals surface area contributed by atoms with Crippen molar-refractivity contribution in [2.75, 3.05) is 27.9 Å². The molecule has 65 heavy (non-hydrogen) atoms. The summed E-state index contributed by atoms with van der Waals surface area (Å²) in [7, 11) is 4.52. The van der Waals surface area contributed by atoms with E-state index in [2.05, 4.69) is 0 Å². The summed E-state index contributed by atoms with van der Waals surface area (Å²) in [6, 6.07) is -1.14. The lowest BCUT2D eigenvalue weighted by molar-refractivity contribution is -0.265. The highest BCUT2D eigenvalue weighted by Crippen LogP contribution is 2.38. The Hall–Kier alpha value is -3.37. The molecule has 1 unspecified atom stereocenters. The molecular formula is C51H79NO13. The lowest BCUT2D eigenvalue weighted by Gasteiger charge is -2.42. The molecule has 1 saturated carbocycles. The number of nitrogens with zero attached hydrogens (tertiary/aromatic N) is 1. The van der Waals surface area contributed by atoms with Crippen LogP contribution in [0.1, 0.15) is 126 Å². The minimum Gasteiger partial charge on any atom is -0.460 e. The SMILES string of the molecule is CO[C@H]1C[C@@H]2CC[C@@H](C)[C@@](O)(O2)C(=O)C(=O)N2CCCC[C@H]2C(=O)O[C@H]([C@H](C)C[C@@H]2CC[C@@H](O)[C@H](OC)C2)CC(=O)[C@H](C)/C=C(\C)[C@@H](O)[C@@H](OC)C(=O)[C@H](C)CC(C)/C=C/C=C/C=C/1C. The van der Waals surface area contributed by atoms with Gasteiger partial charge in [-0.1, -0.05) is 71.1 Å². The molecule has 2 saturated heterocycles. The summed E-state index contributed by atoms with van der Waals surface area (Å²) in [5.41, 5.74) is 1.27. The summed E-state index contributed by atoms with van der Waals surface area (Å²) in [6.45, 7) is 12.7. The van der Waals surface area contributed by atoms with E-state index in [1.165, 1.54) is 12.0 Å². The van der Waals surface area contributed by atoms with Crippen LogP contribution in [0.15, 0.2) is 47.6 Å². The average molecular weight is 914 g/mol. The molecule has 15 atom stereocenters. The van der Waals surface area contributed by atoms with Crippen LogP contribution in [-0.4, -0.2) is 132 Å². The van der Waals surface area contributed by atoms with Crippen molar-refractivity contribution in [1.29, 1.82) is 0 Å². The molecule has 0 aromatic carbocycles. The number of aliphatic hydroxyl groups excluding tert-OH is 2. The van der Waals surface area contributed by atoms with Gasteiger partial charge in [0, 0.05) is 58.5 Å². The van der Waals surface area contributed by atoms with Crippen LogP contribution < -0.4 is 0 Å². The monoisotopic (exact) mass is 914 g/mol. The fraction of sp³-hybridized carbons (Fsp3) is 0.745. The number of piperidine rings is 1. The average Bonchev–Trinajstić information content (AvgIpc) is 3.28. The molecular weight excluding hydrogens is 835 g/mol. The van der Waals surface area contributed by atoms with Gasteiger partial charge in [-0.15, -0.1) is 0 Å². The molecule has 1 aliphatic carbocycles. The Kier molecular flexibility index (Phi) is 21.0. The molecule has 14 heteroatoms. The molecule has 4 rings (SSSR count). The van der Waals surface area contributed by atoms with Gasteiger partial charge in [-0.3, -0.25) is 19.2 Å². The van der Waals surface area contributed by atoms with Crippen LogP contribution in [0.3, 0.4) is 0 Å². The van der Waals surface area contributed by atoms with Gasteiger partial charge in [0.05, 0.1) is 24.4 Å². The Bertz CT molecular complexity index is 1760. The van der Waals surface area contributed by atoms with Crippen molar-refractivity contribution in [3.8, 4) is 0 Å². The Morgan fingerprint density at radius 1 is 0.846 bits per heavy atom. The number of aliphatic hydroxyl groups is 3. The predicted molar refractivity (Wildman–Crippen MR) is 245 cm³/mol. The van der Waals surface area contributed by atoms with Gasteiger partial charge < -0.3 is 43.9 Å². The van der Waals surface area contributed by atoms with E-state index in [0.29, 0.717) is 63.4 Å². The number of rotatable bonds is 6. The van der Waals surface area contributed by atoms with Crippen LogP contribution in [0.5, 0.6) is 0 Å². The summed E-state index contributed by atoms with van der Waals surface area (Å²) >= 11 is 0. The highest BCUT2D eigenvalue weighted by Gasteiger charge is 2.53. The molecule has 0 radical (unpaired) electrons. The van der Waals surface area contributed by atoms with Crippen LogP contribution >= 0.6 is 0 Å². The van der Waals surface area contributed by atoms with Gasteiger partial charge in [-0.05, 0) is 107 Å². The second-order valence-electron chi connectivity index (χ2n) is 19.6. The molecule has 3 heterocycles. The third kappa shape index (κ3) is 14.3. The molecule has 0 aromatic rings. The summed E-state index contributed by atoms with van der Waals surface area (Å²) in [5.74, 6) is -7.96. The number of fused-ring (bicyclic) bond motifs is 3. The number of allylic oxidation sites excluding steroid dienone is 6. The number of carbonyl (C=O) groups excluding carboxylic acids is 5. The van der Waals surface area contributed by atoms with E-state index in [1.807, 2.05) is 58.1 Å². The first-order valence-corrected chi connectivity index (χ1v) is 23.9. The smallest absolute Gasteiger partial charge is 0.329 e. The second-order valence-corrected chi connectivity index (χ2v) is 19.6. The molecule has 0 spiro atoms. The van der Waals surface area contributed by atoms with Crippen molar-refractivity contribution in [3.63, 3.8) is 0 Å². The van der Waals surface area contributed by atoms with Crippen LogP contribution in [0.25, 0.3) is 0 Å². The highest BCUT2D eigenvalue weighted by molar-refractivity contribution is 6.39. The number of methoxy groups -OCH3 is 3. The summed E-state index contributed by atoms with van der Waals surface area (Å²) in [6.07, 6.45) is 11.2. The number of cyclic esters (lactones) is 1. The van der Waals surface area contributed by atoms with Crippen LogP contribution in [0.2, 0.25) is 0 Å². The first kappa shape index (κ1) is 54.2. The lowest BCUT2D eigenvalue weighted by Crippen LogP contribution is -2.61. The van der Waals surface area contributed by atoms with Crippen LogP contribution in [0, 0.1) is 35.5 Å². The van der Waals surface area contributed by atoms with Crippen molar-refractivity contribution in [3.05, 3.63) is 47.6 Å². The molecule has 3 fully saturated rings. The molecule has 3 aliphatic heterocycles. The quantitative estimate of drug-likeness (QED) is 0.156. The van der Waals surface area contributed by atoms with E-state index in [4.69, 9.17) is 23.7 Å². The van der Waals surface area contributed by atoms with Gasteiger partial charge in [0.1, 0.15) is 30.1 Å². The fourth-order valence-corrected chi connectivity index (χ4v) is 10.1. The van der Waals surface area contributed by atoms with Crippen molar-refractivity contribution in [2.45, 2.75) is 180 Å². The molecule has 3 N–H and O–H groups in total. The topological polar surface area (TPSA) is 195 Å². The van der Waals surface area contributed by atoms with Crippen molar-refractivity contribution in [2.24, 2.45) is 35.5 Å². The van der Waals surface area contributed by atoms with E-state index < -0.39 is 83.9 Å². The number of hydrogen-bond acceptors (Lipinski definition) is 13. The first-order valence-electron chi connectivity index (χ1n) is 23.9. The Balaban J connectivity index is 1.70. The van der Waals surface area contributed by atoms with Crippen LogP contribution in [0.4, 0.5) is 0 Å². The largest absolute Gasteiger partial charge is 0.460 e. The molecule has 1 amide bonds. The third-order valence-corrected chi connectivity index (χ3v) is 14.5. The number of hydrogen-bond donors (Lipinski definition) is 3. The van der Waals surface area contributed by atoms with Crippen molar-refractivity contribution in [1.82, 2.24) is 4.90 Å². The summed E-state index contributed by atoms with van der Waals surface area (Å²) < 4.78 is 29.4. The van der Waals surface area contributed by atoms with Gasteiger partial charge in [-0.2, -0.15) is 0 Å². The number of ether oxygens (including phenoxy) is 5. The predicted octanol–water partition coefficient (Wildman–Crippen LogP) is 6.18. The van der Waals surface area contributed by atoms with Gasteiger partial charge in [0.25, 0.3) is 11.7 Å². The molecule has 0 aromatic heterocycles. The number of esters is 1. The van der Waals surface area contributed by atoms with Gasteiger partial charge >= 0.3 is 5.97 Å². The molecule has 4 aliphatic rings. The number of amides is 1. The summed E-state index contributed by atoms with van der Waals surface area (Å²) in [5, 5.41) is 33.8. The van der Waals surface area contributed by atoms with Crippen LogP contribution in [-0.2, 0) is 47.7 Å². The summed E-state index contributed by atoms with van der Waals surface area (Å²) in [4.78, 5) is 71.8. The Morgan fingerprint density at radius 3 is 2.25 bits per heavy atom. The number of Topliss-reactive ketones (excluding diaryl/α,β-unsaturated/α-hetero) is 3. The standard InChI is InChI=1S/C51H79NO13/c1-30-16-12-11-13-17-31(2)42(61-8)28-38-21-19-36(7)51(60,65-38)48(57)49(58)52-23-15-14-18-39(52)50(59)64-43(33(4)26-37-20-22-40(53)44(27-37)62-9)29-41(54)32(3)25-35(6)46(56)47(63-10)45(55)34(5)24-30/h11-13,16-17,25,30,32-34,36-40,42-44,46-47,53,56,60H,14-15,18-24,26-29H2,1-10H3/b13-11+,16-12+,31-17+,35-25+/t30?,32-,33-,34-,36-,37+,38+,39+,40-,42+,43+,44-,46-,47+,51-/m1/s1. The first-order chi connectivity index (χ1) is 30.7. The highest BCUT2D eigenvalue weighted by atomic mass is 16.6. The van der Waals surface area contributed by atoms with E-state index in [0.717, 1.165) is 12.0 Å². The van der Waals surface area contributed by atoms with E-state index in [9.17, 15) is 39.3 Å². The number of carbonyl (C=O) groups is 5. The molecule has 14 nitrogen and oxygen atoms in total. The zero-order valence-corrected chi connectivity index (χ0v) is 40.6. The Labute approximate surface area is 387 Å². The van der Waals surface area contributed by atoms with Crippen molar-refractivity contribution < 1.29 is 63.0 Å². The minimum atomic E-state index is -2.43. The van der Waals surface area contributed by atoms with E-state index in [1.54, 1.807) is 41.1 Å². The third-order valence-electron chi connectivity index (χ3n) is 14.5. The van der Waals surface area contributed by atoms with Gasteiger partial charge in [0.15, 0.2) is 5.78 Å². The van der Waals surface area contributed by atoms with E-state index >= 15 is 0 Å². The normalized spacial score (nSPS) is 40.4. The van der Waals surface area contributed by atoms with Gasteiger partial charge in [0.2, 0.25) is 5.79 Å². The lowest BCUT2D eigenvalue weighted by atomic mass is 9.78. The maximum atomic E-state index is 14.4. The maximum Gasteiger partial charge on any atom is 0.329 e. The zero-order chi connectivity index (χ0) is 48.2. The van der Waals surface area contributed by atoms with Crippen molar-refractivity contribution >= 4 is 29.2 Å². The van der Waals surface area contributed by atoms with Gasteiger partial charge in [-0.25, -0.2) is 4.79 Å². The minimum absolute atomic E-state index is 0.0193. The molecule has 2 bridgehead atoms. The Morgan fingerprint density at radius 2 is 1.57 bits per heavy atom. The van der Waals surface area contributed by atoms with E-state index in [-0.39, 0.29) is 54.8 Å².